The predicted octanol–water partition coefficient (Wildman–Crippen LogP) is 1.85. The minimum absolute atomic E-state index is 0.142. The molecule has 0 aliphatic rings. The predicted molar refractivity (Wildman–Crippen MR) is 70.2 cm³/mol. The standard InChI is InChI=1S/C13H23N3O2/c1-5-18-13(17)7-8-15(4)10-12-6-9-16(14-12)11(2)3/h6,9,11H,5,7-8,10H2,1-4H3. The molecule has 0 aliphatic carbocycles. The van der Waals surface area contributed by atoms with Crippen LogP contribution in [-0.4, -0.2) is 40.8 Å². The number of hydrogen-bond acceptors (Lipinski definition) is 4. The molecule has 1 rings (SSSR count). The summed E-state index contributed by atoms with van der Waals surface area (Å²) in [5, 5.41) is 4.47. The molecule has 5 nitrogen and oxygen atoms in total. The molecule has 0 bridgehead atoms. The van der Waals surface area contributed by atoms with Crippen LogP contribution < -0.4 is 0 Å². The van der Waals surface area contributed by atoms with Crippen molar-refractivity contribution in [3.63, 3.8) is 0 Å². The van der Waals surface area contributed by atoms with E-state index in [1.807, 2.05) is 30.9 Å². The molecule has 1 aromatic heterocycles. The highest BCUT2D eigenvalue weighted by atomic mass is 16.5. The Hall–Kier alpha value is -1.36. The number of aromatic nitrogens is 2. The van der Waals surface area contributed by atoms with E-state index in [0.29, 0.717) is 25.6 Å². The number of rotatable bonds is 7. The van der Waals surface area contributed by atoms with Gasteiger partial charge in [-0.1, -0.05) is 0 Å². The summed E-state index contributed by atoms with van der Waals surface area (Å²) in [7, 11) is 1.98. The molecule has 0 atom stereocenters. The van der Waals surface area contributed by atoms with Gasteiger partial charge >= 0.3 is 5.97 Å². The van der Waals surface area contributed by atoms with Crippen molar-refractivity contribution in [1.82, 2.24) is 14.7 Å². The van der Waals surface area contributed by atoms with Crippen LogP contribution in [0.5, 0.6) is 0 Å². The zero-order chi connectivity index (χ0) is 13.5. The molecule has 18 heavy (non-hydrogen) atoms. The summed E-state index contributed by atoms with van der Waals surface area (Å²) in [5.74, 6) is -0.142. The Morgan fingerprint density at radius 2 is 2.28 bits per heavy atom. The molecule has 0 saturated heterocycles. The Morgan fingerprint density at radius 1 is 1.56 bits per heavy atom. The molecular weight excluding hydrogens is 230 g/mol. The summed E-state index contributed by atoms with van der Waals surface area (Å²) in [6.07, 6.45) is 2.41. The number of hydrogen-bond donors (Lipinski definition) is 0. The summed E-state index contributed by atoms with van der Waals surface area (Å²) in [6, 6.07) is 2.39. The molecule has 0 amide bonds. The van der Waals surface area contributed by atoms with Gasteiger partial charge in [0.05, 0.1) is 18.7 Å². The number of carbonyl (C=O) groups is 1. The van der Waals surface area contributed by atoms with Crippen molar-refractivity contribution in [1.29, 1.82) is 0 Å². The van der Waals surface area contributed by atoms with Crippen LogP contribution in [0, 0.1) is 0 Å². The largest absolute Gasteiger partial charge is 0.466 e. The summed E-state index contributed by atoms with van der Waals surface area (Å²) in [6.45, 7) is 7.90. The average Bonchev–Trinajstić information content (AvgIpc) is 2.75. The summed E-state index contributed by atoms with van der Waals surface area (Å²) in [5.41, 5.74) is 1.02. The van der Waals surface area contributed by atoms with E-state index in [1.165, 1.54) is 0 Å². The molecule has 0 aliphatic heterocycles. The molecule has 5 heteroatoms. The Balaban J connectivity index is 2.34. The summed E-state index contributed by atoms with van der Waals surface area (Å²) >= 11 is 0. The minimum atomic E-state index is -0.142. The SMILES string of the molecule is CCOC(=O)CCN(C)Cc1ccn(C(C)C)n1. The lowest BCUT2D eigenvalue weighted by molar-refractivity contribution is -0.143. The van der Waals surface area contributed by atoms with Crippen molar-refractivity contribution in [2.45, 2.75) is 39.8 Å². The molecule has 0 aromatic carbocycles. The van der Waals surface area contributed by atoms with Crippen LogP contribution in [0.3, 0.4) is 0 Å². The Morgan fingerprint density at radius 3 is 2.83 bits per heavy atom. The maximum atomic E-state index is 11.2. The Kier molecular flexibility index (Phi) is 5.85. The molecule has 102 valence electrons. The first kappa shape index (κ1) is 14.7. The fraction of sp³-hybridized carbons (Fsp3) is 0.692. The zero-order valence-corrected chi connectivity index (χ0v) is 11.7. The van der Waals surface area contributed by atoms with Crippen molar-refractivity contribution >= 4 is 5.97 Å². The van der Waals surface area contributed by atoms with Crippen molar-refractivity contribution in [2.75, 3.05) is 20.2 Å². The van der Waals surface area contributed by atoms with Crippen molar-refractivity contribution in [3.05, 3.63) is 18.0 Å². The van der Waals surface area contributed by atoms with Gasteiger partial charge in [0, 0.05) is 25.3 Å². The van der Waals surface area contributed by atoms with E-state index in [9.17, 15) is 4.79 Å². The average molecular weight is 253 g/mol. The summed E-state index contributed by atoms with van der Waals surface area (Å²) < 4.78 is 6.83. The van der Waals surface area contributed by atoms with Gasteiger partial charge in [0.1, 0.15) is 0 Å². The minimum Gasteiger partial charge on any atom is -0.466 e. The lowest BCUT2D eigenvalue weighted by Gasteiger charge is -2.14. The molecule has 0 fully saturated rings. The first-order valence-corrected chi connectivity index (χ1v) is 6.41. The monoisotopic (exact) mass is 253 g/mol. The second kappa shape index (κ2) is 7.16. The van der Waals surface area contributed by atoms with Crippen LogP contribution in [-0.2, 0) is 16.1 Å². The van der Waals surface area contributed by atoms with Gasteiger partial charge in [-0.25, -0.2) is 0 Å². The number of esters is 1. The molecule has 1 aromatic rings. The van der Waals surface area contributed by atoms with Crippen LogP contribution in [0.15, 0.2) is 12.3 Å². The van der Waals surface area contributed by atoms with Crippen LogP contribution in [0.2, 0.25) is 0 Å². The highest BCUT2D eigenvalue weighted by Crippen LogP contribution is 2.06. The van der Waals surface area contributed by atoms with Crippen molar-refractivity contribution in [3.8, 4) is 0 Å². The molecular formula is C13H23N3O2. The van der Waals surface area contributed by atoms with E-state index in [0.717, 1.165) is 12.2 Å². The van der Waals surface area contributed by atoms with E-state index < -0.39 is 0 Å². The summed E-state index contributed by atoms with van der Waals surface area (Å²) in [4.78, 5) is 13.3. The van der Waals surface area contributed by atoms with Crippen molar-refractivity contribution in [2.24, 2.45) is 0 Å². The molecule has 0 radical (unpaired) electrons. The van der Waals surface area contributed by atoms with E-state index in [-0.39, 0.29) is 5.97 Å². The van der Waals surface area contributed by atoms with Gasteiger partial charge in [-0.15, -0.1) is 0 Å². The smallest absolute Gasteiger partial charge is 0.307 e. The van der Waals surface area contributed by atoms with Crippen LogP contribution in [0.4, 0.5) is 0 Å². The number of carbonyl (C=O) groups excluding carboxylic acids is 1. The van der Waals surface area contributed by atoms with E-state index in [2.05, 4.69) is 23.8 Å². The molecule has 0 unspecified atom stereocenters. The van der Waals surface area contributed by atoms with Gasteiger partial charge in [0.25, 0.3) is 0 Å². The maximum Gasteiger partial charge on any atom is 0.307 e. The third-order valence-corrected chi connectivity index (χ3v) is 2.63. The van der Waals surface area contributed by atoms with Crippen molar-refractivity contribution < 1.29 is 9.53 Å². The Bertz CT molecular complexity index is 374. The Labute approximate surface area is 109 Å². The fourth-order valence-electron chi connectivity index (χ4n) is 1.62. The number of ether oxygens (including phenoxy) is 1. The highest BCUT2D eigenvalue weighted by Gasteiger charge is 2.08. The molecule has 0 spiro atoms. The maximum absolute atomic E-state index is 11.2. The van der Waals surface area contributed by atoms with E-state index in [4.69, 9.17) is 4.74 Å². The molecule has 0 N–H and O–H groups in total. The number of nitrogens with zero attached hydrogens (tertiary/aromatic N) is 3. The third kappa shape index (κ3) is 4.87. The molecule has 1 heterocycles. The highest BCUT2D eigenvalue weighted by molar-refractivity contribution is 5.69. The van der Waals surface area contributed by atoms with E-state index >= 15 is 0 Å². The van der Waals surface area contributed by atoms with Gasteiger partial charge in [0.15, 0.2) is 0 Å². The first-order valence-electron chi connectivity index (χ1n) is 6.41. The third-order valence-electron chi connectivity index (χ3n) is 2.63. The fourth-order valence-corrected chi connectivity index (χ4v) is 1.62. The van der Waals surface area contributed by atoms with Crippen LogP contribution >= 0.6 is 0 Å². The van der Waals surface area contributed by atoms with Gasteiger partial charge in [-0.05, 0) is 33.9 Å². The lowest BCUT2D eigenvalue weighted by atomic mass is 10.3. The van der Waals surface area contributed by atoms with Gasteiger partial charge in [-0.2, -0.15) is 5.10 Å². The zero-order valence-electron chi connectivity index (χ0n) is 11.7. The quantitative estimate of drug-likeness (QED) is 0.696. The first-order chi connectivity index (χ1) is 8.52. The second-order valence-electron chi connectivity index (χ2n) is 4.67. The normalized spacial score (nSPS) is 11.2. The van der Waals surface area contributed by atoms with Crippen LogP contribution in [0.1, 0.15) is 38.9 Å². The van der Waals surface area contributed by atoms with E-state index in [1.54, 1.807) is 0 Å². The van der Waals surface area contributed by atoms with Gasteiger partial charge in [-0.3, -0.25) is 14.4 Å². The van der Waals surface area contributed by atoms with Gasteiger partial charge in [0.2, 0.25) is 0 Å². The molecule has 0 saturated carbocycles. The van der Waals surface area contributed by atoms with Crippen LogP contribution in [0.25, 0.3) is 0 Å². The lowest BCUT2D eigenvalue weighted by Crippen LogP contribution is -2.22. The van der Waals surface area contributed by atoms with Gasteiger partial charge < -0.3 is 4.74 Å². The topological polar surface area (TPSA) is 47.4 Å². The second-order valence-corrected chi connectivity index (χ2v) is 4.67.